The van der Waals surface area contributed by atoms with E-state index in [1.807, 2.05) is 12.1 Å². The van der Waals surface area contributed by atoms with Gasteiger partial charge in [-0.25, -0.2) is 8.78 Å². The number of carbonyl (C=O) groups excluding carboxylic acids is 1. The van der Waals surface area contributed by atoms with E-state index in [1.165, 1.54) is 12.1 Å². The third kappa shape index (κ3) is 3.86. The van der Waals surface area contributed by atoms with Gasteiger partial charge in [-0.2, -0.15) is 0 Å². The molecule has 4 rings (SSSR count). The predicted octanol–water partition coefficient (Wildman–Crippen LogP) is 3.39. The van der Waals surface area contributed by atoms with Crippen LogP contribution in [0.1, 0.15) is 42.7 Å². The molecule has 2 fully saturated rings. The molecule has 1 aromatic carbocycles. The van der Waals surface area contributed by atoms with Gasteiger partial charge in [0, 0.05) is 50.4 Å². The first-order valence-electron chi connectivity index (χ1n) is 9.42. The number of halogens is 2. The van der Waals surface area contributed by atoms with E-state index in [0.717, 1.165) is 30.9 Å². The first kappa shape index (κ1) is 18.0. The summed E-state index contributed by atoms with van der Waals surface area (Å²) in [6.07, 6.45) is 6.62. The molecule has 6 heteroatoms. The lowest BCUT2D eigenvalue weighted by atomic mass is 9.79. The van der Waals surface area contributed by atoms with Gasteiger partial charge < -0.3 is 5.32 Å². The Kier molecular flexibility index (Phi) is 4.91. The van der Waals surface area contributed by atoms with E-state index < -0.39 is 17.2 Å². The van der Waals surface area contributed by atoms with Crippen LogP contribution in [0.25, 0.3) is 0 Å². The van der Waals surface area contributed by atoms with Crippen molar-refractivity contribution >= 4 is 5.91 Å². The van der Waals surface area contributed by atoms with Crippen LogP contribution in [-0.2, 0) is 11.3 Å². The van der Waals surface area contributed by atoms with Crippen LogP contribution in [0.2, 0.25) is 0 Å². The van der Waals surface area contributed by atoms with Crippen LogP contribution >= 0.6 is 0 Å². The highest BCUT2D eigenvalue weighted by atomic mass is 19.1. The van der Waals surface area contributed by atoms with E-state index in [1.54, 1.807) is 12.4 Å². The van der Waals surface area contributed by atoms with Gasteiger partial charge >= 0.3 is 0 Å². The second-order valence-electron chi connectivity index (χ2n) is 7.69. The van der Waals surface area contributed by atoms with Crippen molar-refractivity contribution in [2.45, 2.75) is 43.7 Å². The number of likely N-dealkylation sites (tertiary alicyclic amines) is 1. The van der Waals surface area contributed by atoms with E-state index in [9.17, 15) is 13.6 Å². The van der Waals surface area contributed by atoms with Gasteiger partial charge in [-0.05, 0) is 48.2 Å². The van der Waals surface area contributed by atoms with E-state index in [0.29, 0.717) is 31.6 Å². The molecule has 4 nitrogen and oxygen atoms in total. The van der Waals surface area contributed by atoms with E-state index in [2.05, 4.69) is 15.2 Å². The zero-order valence-electron chi connectivity index (χ0n) is 15.1. The Bertz CT molecular complexity index is 809. The van der Waals surface area contributed by atoms with Crippen LogP contribution in [0.15, 0.2) is 42.7 Å². The lowest BCUT2D eigenvalue weighted by molar-refractivity contribution is -0.122. The minimum Gasteiger partial charge on any atom is -0.349 e. The maximum absolute atomic E-state index is 13.9. The summed E-state index contributed by atoms with van der Waals surface area (Å²) in [6.45, 7) is 2.03. The van der Waals surface area contributed by atoms with Crippen molar-refractivity contribution in [3.8, 4) is 0 Å². The molecule has 0 saturated carbocycles. The SMILES string of the molecule is O=C1CCCC[C@]2(CN(Cc3ccncc3)C[C@H]2c2cc(F)cc(F)c2)N1. The number of nitrogens with zero attached hydrogens (tertiary/aromatic N) is 2. The fourth-order valence-electron chi connectivity index (χ4n) is 4.58. The third-order valence-electron chi connectivity index (χ3n) is 5.72. The second-order valence-corrected chi connectivity index (χ2v) is 7.69. The third-order valence-corrected chi connectivity index (χ3v) is 5.72. The molecule has 2 atom stereocenters. The van der Waals surface area contributed by atoms with Crippen LogP contribution in [-0.4, -0.2) is 34.4 Å². The molecule has 1 amide bonds. The molecule has 1 N–H and O–H groups in total. The maximum atomic E-state index is 13.9. The highest BCUT2D eigenvalue weighted by Crippen LogP contribution is 2.41. The Morgan fingerprint density at radius 3 is 2.63 bits per heavy atom. The van der Waals surface area contributed by atoms with Crippen molar-refractivity contribution in [1.82, 2.24) is 15.2 Å². The van der Waals surface area contributed by atoms with Crippen LogP contribution in [0, 0.1) is 11.6 Å². The van der Waals surface area contributed by atoms with Crippen molar-refractivity contribution in [1.29, 1.82) is 0 Å². The van der Waals surface area contributed by atoms with Crippen molar-refractivity contribution in [2.24, 2.45) is 0 Å². The number of amides is 1. The lowest BCUT2D eigenvalue weighted by Gasteiger charge is -2.35. The van der Waals surface area contributed by atoms with Gasteiger partial charge in [-0.3, -0.25) is 14.7 Å². The number of aromatic nitrogens is 1. The van der Waals surface area contributed by atoms with Crippen LogP contribution in [0.4, 0.5) is 8.78 Å². The molecule has 2 aliphatic rings. The number of pyridine rings is 1. The Balaban J connectivity index is 1.67. The molecular weight excluding hydrogens is 348 g/mol. The summed E-state index contributed by atoms with van der Waals surface area (Å²) in [5.41, 5.74) is 1.26. The maximum Gasteiger partial charge on any atom is 0.220 e. The zero-order chi connectivity index (χ0) is 18.9. The quantitative estimate of drug-likeness (QED) is 0.900. The van der Waals surface area contributed by atoms with Crippen LogP contribution in [0.5, 0.6) is 0 Å². The van der Waals surface area contributed by atoms with Gasteiger partial charge in [-0.1, -0.05) is 6.42 Å². The molecule has 3 heterocycles. The summed E-state index contributed by atoms with van der Waals surface area (Å²) in [5, 5.41) is 3.22. The number of rotatable bonds is 3. The molecule has 2 saturated heterocycles. The highest BCUT2D eigenvalue weighted by molar-refractivity contribution is 5.77. The highest BCUT2D eigenvalue weighted by Gasteiger charge is 2.48. The molecular formula is C21H23F2N3O. The number of hydrogen-bond acceptors (Lipinski definition) is 3. The molecule has 1 aromatic heterocycles. The molecule has 0 radical (unpaired) electrons. The molecule has 1 spiro atoms. The molecule has 0 unspecified atom stereocenters. The number of benzene rings is 1. The Hall–Kier alpha value is -2.34. The monoisotopic (exact) mass is 371 g/mol. The van der Waals surface area contributed by atoms with Crippen LogP contribution in [0.3, 0.4) is 0 Å². The van der Waals surface area contributed by atoms with Crippen molar-refractivity contribution in [3.05, 3.63) is 65.5 Å². The molecule has 0 aliphatic carbocycles. The number of carbonyl (C=O) groups is 1. The summed E-state index contributed by atoms with van der Waals surface area (Å²) in [6, 6.07) is 7.64. The molecule has 27 heavy (non-hydrogen) atoms. The van der Waals surface area contributed by atoms with Gasteiger partial charge in [0.15, 0.2) is 0 Å². The Labute approximate surface area is 157 Å². The summed E-state index contributed by atoms with van der Waals surface area (Å²) >= 11 is 0. The number of nitrogens with one attached hydrogen (secondary N) is 1. The minimum absolute atomic E-state index is 0.0279. The largest absolute Gasteiger partial charge is 0.349 e. The van der Waals surface area contributed by atoms with Crippen molar-refractivity contribution < 1.29 is 13.6 Å². The van der Waals surface area contributed by atoms with Gasteiger partial charge in [0.1, 0.15) is 11.6 Å². The van der Waals surface area contributed by atoms with Gasteiger partial charge in [0.25, 0.3) is 0 Å². The van der Waals surface area contributed by atoms with Gasteiger partial charge in [0.2, 0.25) is 5.91 Å². The first-order chi connectivity index (χ1) is 13.0. The summed E-state index contributed by atoms with van der Waals surface area (Å²) in [4.78, 5) is 18.6. The molecule has 2 aliphatic heterocycles. The van der Waals surface area contributed by atoms with E-state index >= 15 is 0 Å². The van der Waals surface area contributed by atoms with E-state index in [-0.39, 0.29) is 11.8 Å². The predicted molar refractivity (Wildman–Crippen MR) is 98.0 cm³/mol. The summed E-state index contributed by atoms with van der Waals surface area (Å²) in [5.74, 6) is -1.27. The molecule has 0 bridgehead atoms. The second kappa shape index (κ2) is 7.35. The van der Waals surface area contributed by atoms with E-state index in [4.69, 9.17) is 0 Å². The zero-order valence-corrected chi connectivity index (χ0v) is 15.1. The Morgan fingerprint density at radius 2 is 1.89 bits per heavy atom. The molecule has 142 valence electrons. The summed E-state index contributed by atoms with van der Waals surface area (Å²) < 4.78 is 27.8. The number of hydrogen-bond donors (Lipinski definition) is 1. The normalized spacial score (nSPS) is 26.1. The minimum atomic E-state index is -0.576. The first-order valence-corrected chi connectivity index (χ1v) is 9.42. The van der Waals surface area contributed by atoms with Gasteiger partial charge in [-0.15, -0.1) is 0 Å². The topological polar surface area (TPSA) is 45.2 Å². The van der Waals surface area contributed by atoms with Gasteiger partial charge in [0.05, 0.1) is 5.54 Å². The fourth-order valence-corrected chi connectivity index (χ4v) is 4.58. The summed E-state index contributed by atoms with van der Waals surface area (Å²) in [7, 11) is 0. The smallest absolute Gasteiger partial charge is 0.220 e. The standard InChI is InChI=1S/C21H23F2N3O/c22-17-9-16(10-18(23)11-17)19-13-26(12-15-4-7-24-8-5-15)14-21(19)6-2-1-3-20(27)25-21/h4-5,7-11,19H,1-3,6,12-14H2,(H,25,27)/t19-,21+/m0/s1. The lowest BCUT2D eigenvalue weighted by Crippen LogP contribution is -2.52. The van der Waals surface area contributed by atoms with Crippen molar-refractivity contribution in [3.63, 3.8) is 0 Å². The average molecular weight is 371 g/mol. The van der Waals surface area contributed by atoms with Crippen LogP contribution < -0.4 is 5.32 Å². The molecule has 2 aromatic rings. The fraction of sp³-hybridized carbons (Fsp3) is 0.429. The average Bonchev–Trinajstić information content (AvgIpc) is 2.85. The van der Waals surface area contributed by atoms with Crippen molar-refractivity contribution in [2.75, 3.05) is 13.1 Å². The Morgan fingerprint density at radius 1 is 1.15 bits per heavy atom.